The lowest BCUT2D eigenvalue weighted by Gasteiger charge is -2.08. The molecule has 0 amide bonds. The number of aromatic nitrogens is 3. The standard InChI is InChI=1S/C17H19N5O3/c1-11(2)17-20-15(25-21-17)6-4-9-18-13-7-8-14(22(23)24)12-5-3-10-19-16(12)13/h3,5,7-8,10-11,18H,4,6,9H2,1-2H3. The highest BCUT2D eigenvalue weighted by molar-refractivity contribution is 5.96. The first-order chi connectivity index (χ1) is 12.1. The van der Waals surface area contributed by atoms with Crippen molar-refractivity contribution >= 4 is 22.3 Å². The van der Waals surface area contributed by atoms with Crippen molar-refractivity contribution in [2.75, 3.05) is 11.9 Å². The molecule has 0 saturated carbocycles. The number of aryl methyl sites for hydroxylation is 1. The van der Waals surface area contributed by atoms with Crippen molar-refractivity contribution in [2.45, 2.75) is 32.6 Å². The second kappa shape index (κ2) is 7.25. The Morgan fingerprint density at radius 2 is 2.16 bits per heavy atom. The summed E-state index contributed by atoms with van der Waals surface area (Å²) in [5, 5.41) is 18.9. The van der Waals surface area contributed by atoms with Gasteiger partial charge in [0.2, 0.25) is 5.89 Å². The highest BCUT2D eigenvalue weighted by Crippen LogP contribution is 2.29. The van der Waals surface area contributed by atoms with Crippen molar-refractivity contribution in [2.24, 2.45) is 0 Å². The normalized spacial score (nSPS) is 11.2. The van der Waals surface area contributed by atoms with Crippen LogP contribution in [0.5, 0.6) is 0 Å². The monoisotopic (exact) mass is 341 g/mol. The van der Waals surface area contributed by atoms with E-state index >= 15 is 0 Å². The summed E-state index contributed by atoms with van der Waals surface area (Å²) in [6.07, 6.45) is 3.10. The molecule has 2 aromatic heterocycles. The largest absolute Gasteiger partial charge is 0.383 e. The summed E-state index contributed by atoms with van der Waals surface area (Å²) < 4.78 is 5.21. The van der Waals surface area contributed by atoms with E-state index in [1.807, 2.05) is 13.8 Å². The highest BCUT2D eigenvalue weighted by atomic mass is 16.6. The van der Waals surface area contributed by atoms with Crippen LogP contribution in [0.1, 0.15) is 37.9 Å². The van der Waals surface area contributed by atoms with Crippen LogP contribution in [0.25, 0.3) is 10.9 Å². The van der Waals surface area contributed by atoms with E-state index in [0.717, 1.165) is 12.1 Å². The topological polar surface area (TPSA) is 107 Å². The van der Waals surface area contributed by atoms with E-state index in [0.29, 0.717) is 35.6 Å². The summed E-state index contributed by atoms with van der Waals surface area (Å²) in [5.41, 5.74) is 1.42. The Morgan fingerprint density at radius 3 is 2.88 bits per heavy atom. The molecule has 3 rings (SSSR count). The second-order valence-corrected chi connectivity index (χ2v) is 6.02. The quantitative estimate of drug-likeness (QED) is 0.396. The van der Waals surface area contributed by atoms with Crippen LogP contribution in [0.4, 0.5) is 11.4 Å². The van der Waals surface area contributed by atoms with Crippen LogP contribution in [-0.2, 0) is 6.42 Å². The lowest BCUT2D eigenvalue weighted by Crippen LogP contribution is -2.05. The third-order valence-corrected chi connectivity index (χ3v) is 3.83. The lowest BCUT2D eigenvalue weighted by atomic mass is 10.1. The number of hydrogen-bond acceptors (Lipinski definition) is 7. The number of non-ortho nitro benzene ring substituents is 1. The van der Waals surface area contributed by atoms with E-state index in [4.69, 9.17) is 4.52 Å². The number of nitrogens with zero attached hydrogens (tertiary/aromatic N) is 4. The Kier molecular flexibility index (Phi) is 4.87. The van der Waals surface area contributed by atoms with Crippen molar-refractivity contribution in [3.05, 3.63) is 52.3 Å². The summed E-state index contributed by atoms with van der Waals surface area (Å²) in [7, 11) is 0. The molecule has 130 valence electrons. The molecule has 0 fully saturated rings. The van der Waals surface area contributed by atoms with E-state index in [9.17, 15) is 10.1 Å². The summed E-state index contributed by atoms with van der Waals surface area (Å²) in [4.78, 5) is 19.4. The highest BCUT2D eigenvalue weighted by Gasteiger charge is 2.15. The van der Waals surface area contributed by atoms with Crippen LogP contribution in [0.2, 0.25) is 0 Å². The summed E-state index contributed by atoms with van der Waals surface area (Å²) in [6, 6.07) is 6.59. The molecule has 0 unspecified atom stereocenters. The molecule has 2 heterocycles. The van der Waals surface area contributed by atoms with Gasteiger partial charge in [-0.2, -0.15) is 4.98 Å². The number of nitrogens with one attached hydrogen (secondary N) is 1. The average molecular weight is 341 g/mol. The number of fused-ring (bicyclic) bond motifs is 1. The van der Waals surface area contributed by atoms with Crippen molar-refractivity contribution < 1.29 is 9.45 Å². The maximum Gasteiger partial charge on any atom is 0.278 e. The summed E-state index contributed by atoms with van der Waals surface area (Å²) >= 11 is 0. The van der Waals surface area contributed by atoms with Gasteiger partial charge in [0, 0.05) is 31.1 Å². The van der Waals surface area contributed by atoms with Gasteiger partial charge in [0.1, 0.15) is 5.52 Å². The number of nitro benzene ring substituents is 1. The molecule has 0 aliphatic rings. The average Bonchev–Trinajstić information content (AvgIpc) is 3.07. The fourth-order valence-electron chi connectivity index (χ4n) is 2.53. The molecule has 0 radical (unpaired) electrons. The molecule has 0 aliphatic carbocycles. The second-order valence-electron chi connectivity index (χ2n) is 6.02. The van der Waals surface area contributed by atoms with Crippen LogP contribution in [0.3, 0.4) is 0 Å². The van der Waals surface area contributed by atoms with Gasteiger partial charge in [-0.15, -0.1) is 0 Å². The molecule has 8 nitrogen and oxygen atoms in total. The van der Waals surface area contributed by atoms with Crippen molar-refractivity contribution in [1.29, 1.82) is 0 Å². The number of hydrogen-bond donors (Lipinski definition) is 1. The zero-order valence-electron chi connectivity index (χ0n) is 14.1. The number of pyridine rings is 1. The Morgan fingerprint density at radius 1 is 1.32 bits per heavy atom. The summed E-state index contributed by atoms with van der Waals surface area (Å²) in [6.45, 7) is 4.70. The van der Waals surface area contributed by atoms with Gasteiger partial charge in [-0.25, -0.2) is 0 Å². The van der Waals surface area contributed by atoms with Gasteiger partial charge in [-0.1, -0.05) is 19.0 Å². The fraction of sp³-hybridized carbons (Fsp3) is 0.353. The molecular weight excluding hydrogens is 322 g/mol. The van der Waals surface area contributed by atoms with Crippen LogP contribution in [0.15, 0.2) is 35.0 Å². The molecule has 1 aromatic carbocycles. The third-order valence-electron chi connectivity index (χ3n) is 3.83. The Bertz CT molecular complexity index is 891. The van der Waals surface area contributed by atoms with E-state index in [1.54, 1.807) is 24.4 Å². The van der Waals surface area contributed by atoms with E-state index in [1.165, 1.54) is 6.07 Å². The van der Waals surface area contributed by atoms with E-state index in [-0.39, 0.29) is 11.6 Å². The third kappa shape index (κ3) is 3.73. The van der Waals surface area contributed by atoms with Crippen LogP contribution in [0, 0.1) is 10.1 Å². The van der Waals surface area contributed by atoms with Crippen LogP contribution < -0.4 is 5.32 Å². The van der Waals surface area contributed by atoms with Crippen LogP contribution >= 0.6 is 0 Å². The minimum absolute atomic E-state index is 0.0562. The minimum atomic E-state index is -0.393. The maximum atomic E-state index is 11.1. The van der Waals surface area contributed by atoms with E-state index in [2.05, 4.69) is 20.4 Å². The van der Waals surface area contributed by atoms with Gasteiger partial charge in [0.25, 0.3) is 5.69 Å². The molecule has 0 saturated heterocycles. The SMILES string of the molecule is CC(C)c1noc(CCCNc2ccc([N+](=O)[O-])c3cccnc23)n1. The summed E-state index contributed by atoms with van der Waals surface area (Å²) in [5.74, 6) is 1.58. The number of nitro groups is 1. The van der Waals surface area contributed by atoms with Gasteiger partial charge in [0.15, 0.2) is 5.82 Å². The zero-order valence-corrected chi connectivity index (χ0v) is 14.1. The van der Waals surface area contributed by atoms with Gasteiger partial charge in [0.05, 0.1) is 16.0 Å². The number of rotatable bonds is 7. The molecule has 0 bridgehead atoms. The number of benzene rings is 1. The predicted octanol–water partition coefficient (Wildman–Crippen LogP) is 3.69. The molecular formula is C17H19N5O3. The minimum Gasteiger partial charge on any atom is -0.383 e. The Balaban J connectivity index is 1.65. The van der Waals surface area contributed by atoms with E-state index < -0.39 is 4.92 Å². The van der Waals surface area contributed by atoms with Gasteiger partial charge in [-0.05, 0) is 24.6 Å². The molecule has 8 heteroatoms. The molecule has 3 aromatic rings. The van der Waals surface area contributed by atoms with Crippen molar-refractivity contribution in [1.82, 2.24) is 15.1 Å². The molecule has 1 N–H and O–H groups in total. The smallest absolute Gasteiger partial charge is 0.278 e. The maximum absolute atomic E-state index is 11.1. The Labute approximate surface area is 144 Å². The van der Waals surface area contributed by atoms with Gasteiger partial charge >= 0.3 is 0 Å². The van der Waals surface area contributed by atoms with Crippen LogP contribution in [-0.4, -0.2) is 26.6 Å². The zero-order chi connectivity index (χ0) is 17.8. The fourth-order valence-corrected chi connectivity index (χ4v) is 2.53. The first-order valence-electron chi connectivity index (χ1n) is 8.14. The van der Waals surface area contributed by atoms with Gasteiger partial charge < -0.3 is 9.84 Å². The molecule has 0 aliphatic heterocycles. The van der Waals surface area contributed by atoms with Crippen molar-refractivity contribution in [3.8, 4) is 0 Å². The molecule has 0 spiro atoms. The van der Waals surface area contributed by atoms with Gasteiger partial charge in [-0.3, -0.25) is 15.1 Å². The Hall–Kier alpha value is -3.03. The van der Waals surface area contributed by atoms with Crippen molar-refractivity contribution in [3.63, 3.8) is 0 Å². The first-order valence-corrected chi connectivity index (χ1v) is 8.14. The number of anilines is 1. The molecule has 25 heavy (non-hydrogen) atoms. The lowest BCUT2D eigenvalue weighted by molar-refractivity contribution is -0.383. The molecule has 0 atom stereocenters. The predicted molar refractivity (Wildman–Crippen MR) is 93.6 cm³/mol. The first kappa shape index (κ1) is 16.8.